The summed E-state index contributed by atoms with van der Waals surface area (Å²) in [6, 6.07) is 0. The van der Waals surface area contributed by atoms with Gasteiger partial charge in [-0.1, -0.05) is 13.3 Å². The molecule has 0 saturated heterocycles. The van der Waals surface area contributed by atoms with Gasteiger partial charge in [0, 0.05) is 6.42 Å². The Hall–Kier alpha value is 0.621. The zero-order valence-corrected chi connectivity index (χ0v) is 5.42. The summed E-state index contributed by atoms with van der Waals surface area (Å²) >= 11 is 0. The second-order valence-corrected chi connectivity index (χ2v) is 1.69. The summed E-state index contributed by atoms with van der Waals surface area (Å²) in [4.78, 5) is 19.9. The summed E-state index contributed by atoms with van der Waals surface area (Å²) in [5, 5.41) is 0. The normalized spacial score (nSPS) is 7.70. The number of rotatable bonds is 4. The Balaban J connectivity index is 0. The van der Waals surface area contributed by atoms with E-state index >= 15 is 0 Å². The zero-order valence-electron chi connectivity index (χ0n) is 5.42. The average molecular weight is 220 g/mol. The van der Waals surface area contributed by atoms with Crippen LogP contribution in [0.4, 0.5) is 0 Å². The van der Waals surface area contributed by atoms with Crippen molar-refractivity contribution < 1.29 is 14.3 Å². The molecule has 10 heavy (non-hydrogen) atoms. The fourth-order valence-electron chi connectivity index (χ4n) is 0.434. The number of hydrogen-bond acceptors (Lipinski definition) is 3. The number of carbonyl (C=O) groups excluding carboxylic acids is 2. The van der Waals surface area contributed by atoms with Crippen LogP contribution in [-0.2, 0) is 14.3 Å². The quantitative estimate of drug-likeness (QED) is 0.289. The number of ether oxygens (including phenoxy) is 1. The second kappa shape index (κ2) is 9.62. The topological polar surface area (TPSA) is 43.4 Å². The summed E-state index contributed by atoms with van der Waals surface area (Å²) in [5.74, 6) is -0.438. The van der Waals surface area contributed by atoms with Crippen molar-refractivity contribution in [1.82, 2.24) is 0 Å². The molecule has 0 radical (unpaired) electrons. The van der Waals surface area contributed by atoms with Gasteiger partial charge in [-0.25, -0.2) is 0 Å². The third-order valence-electron chi connectivity index (χ3n) is 0.914. The molecular weight excluding hydrogens is 208 g/mol. The molecule has 0 spiro atoms. The van der Waals surface area contributed by atoms with Crippen LogP contribution < -0.4 is 0 Å². The molecule has 0 rings (SSSR count). The molecule has 0 aromatic carbocycles. The molecule has 0 aromatic heterocycles. The Bertz CT molecular complexity index is 103. The van der Waals surface area contributed by atoms with Crippen LogP contribution in [-0.4, -0.2) is 57.9 Å². The van der Waals surface area contributed by atoms with Crippen molar-refractivity contribution >= 4 is 57.9 Å². The van der Waals surface area contributed by atoms with Gasteiger partial charge in [0.2, 0.25) is 0 Å². The van der Waals surface area contributed by atoms with Crippen LogP contribution in [0.5, 0.6) is 0 Å². The summed E-state index contributed by atoms with van der Waals surface area (Å²) in [5.41, 5.74) is 0. The molecule has 0 aliphatic rings. The Kier molecular flexibility index (Phi) is 12.7. The van der Waals surface area contributed by atoms with Gasteiger partial charge in [0.25, 0.3) is 0 Å². The van der Waals surface area contributed by atoms with E-state index in [4.69, 9.17) is 0 Å². The maximum atomic E-state index is 10.3. The fourth-order valence-corrected chi connectivity index (χ4v) is 0.434. The molecule has 0 saturated carbocycles. The minimum atomic E-state index is -0.438. The molecule has 0 aliphatic heterocycles. The average Bonchev–Trinajstić information content (AvgIpc) is 1.85. The van der Waals surface area contributed by atoms with Crippen molar-refractivity contribution in [3.8, 4) is 0 Å². The van der Waals surface area contributed by atoms with Crippen LogP contribution in [0.25, 0.3) is 0 Å². The zero-order chi connectivity index (χ0) is 7.11. The van der Waals surface area contributed by atoms with E-state index in [2.05, 4.69) is 4.74 Å². The first-order valence-corrected chi connectivity index (χ1v) is 2.94. The molecule has 0 heterocycles. The summed E-state index contributed by atoms with van der Waals surface area (Å²) in [7, 11) is 0. The molecular formula is C6H12O3Sr. The number of carbonyl (C=O) groups is 2. The van der Waals surface area contributed by atoms with Gasteiger partial charge in [-0.2, -0.15) is 0 Å². The van der Waals surface area contributed by atoms with Gasteiger partial charge in [-0.3, -0.25) is 9.59 Å². The maximum absolute atomic E-state index is 10.3. The van der Waals surface area contributed by atoms with E-state index in [-0.39, 0.29) is 52.0 Å². The predicted octanol–water partition coefficient (Wildman–Crippen LogP) is -0.0400. The molecule has 0 fully saturated rings. The van der Waals surface area contributed by atoms with Crippen molar-refractivity contribution in [2.24, 2.45) is 0 Å². The van der Waals surface area contributed by atoms with Crippen molar-refractivity contribution in [2.45, 2.75) is 26.2 Å². The Morgan fingerprint density at radius 1 is 1.60 bits per heavy atom. The first-order chi connectivity index (χ1) is 4.31. The number of unbranched alkanes of at least 4 members (excludes halogenated alkanes) is 1. The summed E-state index contributed by atoms with van der Waals surface area (Å²) < 4.78 is 4.02. The third-order valence-corrected chi connectivity index (χ3v) is 0.914. The monoisotopic (exact) mass is 220 g/mol. The molecule has 0 amide bonds. The molecule has 0 aromatic rings. The van der Waals surface area contributed by atoms with E-state index in [1.807, 2.05) is 6.92 Å². The Morgan fingerprint density at radius 3 is 2.60 bits per heavy atom. The van der Waals surface area contributed by atoms with Gasteiger partial charge in [-0.15, -0.1) is 0 Å². The first-order valence-electron chi connectivity index (χ1n) is 2.94. The van der Waals surface area contributed by atoms with Crippen LogP contribution in [0, 0.1) is 0 Å². The van der Waals surface area contributed by atoms with Crippen LogP contribution >= 0.6 is 0 Å². The first kappa shape index (κ1) is 13.2. The van der Waals surface area contributed by atoms with Crippen LogP contribution in [0.15, 0.2) is 0 Å². The van der Waals surface area contributed by atoms with Crippen LogP contribution in [0.1, 0.15) is 26.2 Å². The molecule has 0 aliphatic carbocycles. The molecule has 0 N–H and O–H groups in total. The third kappa shape index (κ3) is 8.62. The number of hydrogen-bond donors (Lipinski definition) is 0. The van der Waals surface area contributed by atoms with E-state index in [1.54, 1.807) is 0 Å². The second-order valence-electron chi connectivity index (χ2n) is 1.69. The fraction of sp³-hybridized carbons (Fsp3) is 0.667. The molecule has 0 unspecified atom stereocenters. The Morgan fingerprint density at radius 2 is 2.20 bits per heavy atom. The van der Waals surface area contributed by atoms with Gasteiger partial charge < -0.3 is 4.74 Å². The molecule has 0 atom stereocenters. The van der Waals surface area contributed by atoms with Gasteiger partial charge in [0.1, 0.15) is 0 Å². The van der Waals surface area contributed by atoms with Crippen molar-refractivity contribution in [3.05, 3.63) is 0 Å². The van der Waals surface area contributed by atoms with Gasteiger partial charge in [-0.05, 0) is 6.42 Å². The molecule has 3 nitrogen and oxygen atoms in total. The summed E-state index contributed by atoms with van der Waals surface area (Å²) in [6.45, 7) is 2.13. The van der Waals surface area contributed by atoms with E-state index in [0.29, 0.717) is 6.42 Å². The number of esters is 1. The van der Waals surface area contributed by atoms with Crippen molar-refractivity contribution in [2.75, 3.05) is 0 Å². The SMILES string of the molecule is CCCCC(=O)OC=O.[SrH2]. The van der Waals surface area contributed by atoms with E-state index < -0.39 is 5.97 Å². The van der Waals surface area contributed by atoms with E-state index in [1.165, 1.54) is 0 Å². The Labute approximate surface area is 97.4 Å². The van der Waals surface area contributed by atoms with Crippen LogP contribution in [0.2, 0.25) is 0 Å². The van der Waals surface area contributed by atoms with E-state index in [0.717, 1.165) is 12.8 Å². The van der Waals surface area contributed by atoms with Crippen LogP contribution in [0.3, 0.4) is 0 Å². The molecule has 4 heteroatoms. The van der Waals surface area contributed by atoms with E-state index in [9.17, 15) is 9.59 Å². The minimum absolute atomic E-state index is 0. The standard InChI is InChI=1S/C6H10O3.Sr.2H/c1-2-3-4-6(8)9-5-7;;;/h5H,2-4H2,1H3;;;. The molecule has 0 bridgehead atoms. The van der Waals surface area contributed by atoms with Gasteiger partial charge in [0.15, 0.2) is 0 Å². The summed E-state index contributed by atoms with van der Waals surface area (Å²) in [6.07, 6.45) is 2.07. The predicted molar refractivity (Wildman–Crippen MR) is 40.2 cm³/mol. The van der Waals surface area contributed by atoms with Gasteiger partial charge in [0.05, 0.1) is 0 Å². The van der Waals surface area contributed by atoms with Crippen molar-refractivity contribution in [1.29, 1.82) is 0 Å². The molecule has 56 valence electrons. The van der Waals surface area contributed by atoms with Crippen molar-refractivity contribution in [3.63, 3.8) is 0 Å². The van der Waals surface area contributed by atoms with Gasteiger partial charge >= 0.3 is 57.9 Å².